The normalized spacial score (nSPS) is 0. The van der Waals surface area contributed by atoms with Gasteiger partial charge in [0.2, 0.25) is 0 Å². The summed E-state index contributed by atoms with van der Waals surface area (Å²) in [6, 6.07) is 0. The Balaban J connectivity index is 0. The molecule has 0 rings (SSSR count). The van der Waals surface area contributed by atoms with Gasteiger partial charge in [-0.05, 0) is 0 Å². The first-order chi connectivity index (χ1) is 0. The summed E-state index contributed by atoms with van der Waals surface area (Å²) in [5.74, 6) is 0. The van der Waals surface area contributed by atoms with Gasteiger partial charge in [-0.15, -0.1) is 0 Å². The molecule has 0 aromatic rings. The summed E-state index contributed by atoms with van der Waals surface area (Å²) in [4.78, 5) is 0. The van der Waals surface area contributed by atoms with Crippen molar-refractivity contribution in [1.82, 2.24) is 0 Å². The average molecular weight is 440 g/mol. The Hall–Kier alpha value is 2.38. The minimum atomic E-state index is 0. The fourth-order valence-corrected chi connectivity index (χ4v) is 0. The topological polar surface area (TPSA) is 0 Å². The van der Waals surface area contributed by atoms with Crippen molar-refractivity contribution >= 4 is 0 Å². The van der Waals surface area contributed by atoms with E-state index in [1.165, 1.54) is 0 Å². The van der Waals surface area contributed by atoms with Crippen molar-refractivity contribution in [3.8, 4) is 0 Å². The van der Waals surface area contributed by atoms with E-state index >= 15 is 0 Å². The first kappa shape index (κ1) is 32.7. The maximum absolute atomic E-state index is 0. The van der Waals surface area contributed by atoms with E-state index in [2.05, 4.69) is 0 Å². The first-order valence-corrected chi connectivity index (χ1v) is 0. The largest absolute Gasteiger partial charge is 3.00 e. The summed E-state index contributed by atoms with van der Waals surface area (Å²) in [7, 11) is 0. The maximum atomic E-state index is 0. The van der Waals surface area contributed by atoms with Gasteiger partial charge in [0.15, 0.2) is 0 Å². The second-order valence-electron chi connectivity index (χ2n) is 0. The number of hydrogen-bond donors (Lipinski definition) is 0. The molecule has 0 radical (unpaired) electrons. The second kappa shape index (κ2) is 18.2. The average Bonchev–Trinajstić information content (AvgIpc) is 0. The number of rotatable bonds is 0. The predicted octanol–water partition coefficient (Wildman–Crippen LogP) is -8.99. The third-order valence-corrected chi connectivity index (χ3v) is 0. The summed E-state index contributed by atoms with van der Waals surface area (Å²) in [6.45, 7) is 0. The van der Waals surface area contributed by atoms with Crippen LogP contribution in [0.2, 0.25) is 0 Å². The molecule has 4 heteroatoms. The van der Waals surface area contributed by atoms with Crippen LogP contribution in [-0.4, -0.2) is 0 Å². The Labute approximate surface area is 77.5 Å². The molecule has 0 aliphatic heterocycles. The molecular formula is Br3Hg. The molecule has 0 heterocycles. The van der Waals surface area contributed by atoms with E-state index in [-0.39, 0.29) is 78.6 Å². The van der Waals surface area contributed by atoms with Crippen LogP contribution in [0, 0.1) is 0 Å². The van der Waals surface area contributed by atoms with E-state index in [0.717, 1.165) is 0 Å². The summed E-state index contributed by atoms with van der Waals surface area (Å²) >= 11 is 0. The summed E-state index contributed by atoms with van der Waals surface area (Å²) < 4.78 is 0. The van der Waals surface area contributed by atoms with E-state index in [9.17, 15) is 0 Å². The monoisotopic (exact) mass is 439 g/mol. The van der Waals surface area contributed by atoms with Gasteiger partial charge in [0.25, 0.3) is 0 Å². The fourth-order valence-electron chi connectivity index (χ4n) is 0. The minimum absolute atomic E-state index is 0. The predicted molar refractivity (Wildman–Crippen MR) is 0 cm³/mol. The summed E-state index contributed by atoms with van der Waals surface area (Å²) in [6.07, 6.45) is 0. The Morgan fingerprint density at radius 2 is 0.500 bits per heavy atom. The van der Waals surface area contributed by atoms with Crippen molar-refractivity contribution in [2.75, 3.05) is 0 Å². The van der Waals surface area contributed by atoms with Crippen LogP contribution in [0.1, 0.15) is 0 Å². The van der Waals surface area contributed by atoms with Gasteiger partial charge in [0.05, 0.1) is 0 Å². The molecule has 0 bridgehead atoms. The minimum Gasteiger partial charge on any atom is -1.00 e. The third kappa shape index (κ3) is 8.83. The Morgan fingerprint density at radius 1 is 0.500 bits per heavy atom. The number of hydrogen-bond acceptors (Lipinski definition) is 0. The Morgan fingerprint density at radius 3 is 0.500 bits per heavy atom. The van der Waals surface area contributed by atoms with E-state index < -0.39 is 0 Å². The molecule has 0 saturated heterocycles. The molecule has 0 fully saturated rings. The van der Waals surface area contributed by atoms with Crippen LogP contribution in [0.25, 0.3) is 0 Å². The van der Waals surface area contributed by atoms with Crippen LogP contribution < -0.4 is 50.9 Å². The van der Waals surface area contributed by atoms with Crippen LogP contribution >= 0.6 is 0 Å². The van der Waals surface area contributed by atoms with Crippen molar-refractivity contribution in [1.29, 1.82) is 0 Å². The molecule has 0 aliphatic rings. The smallest absolute Gasteiger partial charge is 1.00 e. The van der Waals surface area contributed by atoms with Crippen molar-refractivity contribution < 1.29 is 78.6 Å². The molecule has 0 spiro atoms. The second-order valence-corrected chi connectivity index (χ2v) is 0. The van der Waals surface area contributed by atoms with Crippen LogP contribution in [0.5, 0.6) is 0 Å². The molecule has 0 saturated carbocycles. The molecule has 0 unspecified atom stereocenters. The van der Waals surface area contributed by atoms with Gasteiger partial charge < -0.3 is 50.9 Å². The molecule has 0 aliphatic carbocycles. The van der Waals surface area contributed by atoms with Gasteiger partial charge in [-0.3, -0.25) is 0 Å². The maximum Gasteiger partial charge on any atom is 3.00 e. The molecule has 0 aromatic carbocycles. The molecule has 0 amide bonds. The molecule has 0 nitrogen and oxygen atoms in total. The van der Waals surface area contributed by atoms with Crippen LogP contribution in [0.15, 0.2) is 0 Å². The molecule has 4 heavy (non-hydrogen) atoms. The van der Waals surface area contributed by atoms with Gasteiger partial charge in [-0.2, -0.15) is 0 Å². The quantitative estimate of drug-likeness (QED) is 0.329. The molecular weight excluding hydrogens is 440 g/mol. The van der Waals surface area contributed by atoms with E-state index in [4.69, 9.17) is 0 Å². The SMILES string of the molecule is [Br-].[Br-].[Br-].[Hg+3]. The van der Waals surface area contributed by atoms with E-state index in [0.29, 0.717) is 0 Å². The van der Waals surface area contributed by atoms with Gasteiger partial charge in [0.1, 0.15) is 0 Å². The van der Waals surface area contributed by atoms with Crippen LogP contribution in [0.4, 0.5) is 0 Å². The van der Waals surface area contributed by atoms with Gasteiger partial charge in [0, 0.05) is 0 Å². The number of halogens is 3. The van der Waals surface area contributed by atoms with Crippen molar-refractivity contribution in [2.24, 2.45) is 0 Å². The zero-order chi connectivity index (χ0) is 0. The summed E-state index contributed by atoms with van der Waals surface area (Å²) in [5.41, 5.74) is 0. The van der Waals surface area contributed by atoms with Gasteiger partial charge >= 0.3 is 27.7 Å². The first-order valence-electron chi connectivity index (χ1n) is 0. The van der Waals surface area contributed by atoms with E-state index in [1.54, 1.807) is 0 Å². The van der Waals surface area contributed by atoms with Crippen LogP contribution in [-0.2, 0) is 27.7 Å². The molecule has 0 atom stereocenters. The molecule has 0 N–H and O–H groups in total. The zero-order valence-electron chi connectivity index (χ0n) is 1.84. The van der Waals surface area contributed by atoms with Gasteiger partial charge in [-0.1, -0.05) is 0 Å². The van der Waals surface area contributed by atoms with Crippen molar-refractivity contribution in [3.63, 3.8) is 0 Å². The Bertz CT molecular complexity index is 3.25. The van der Waals surface area contributed by atoms with Gasteiger partial charge in [-0.25, -0.2) is 0 Å². The third-order valence-electron chi connectivity index (χ3n) is 0. The molecule has 23 valence electrons. The van der Waals surface area contributed by atoms with Crippen molar-refractivity contribution in [2.45, 2.75) is 0 Å². The summed E-state index contributed by atoms with van der Waals surface area (Å²) in [5, 5.41) is 0. The zero-order valence-corrected chi connectivity index (χ0v) is 12.1. The molecule has 0 aromatic heterocycles. The fraction of sp³-hybridized carbons (Fsp3) is 0. The Kier molecular flexibility index (Phi) is 149. The van der Waals surface area contributed by atoms with Crippen LogP contribution in [0.3, 0.4) is 0 Å². The van der Waals surface area contributed by atoms with Crippen molar-refractivity contribution in [3.05, 3.63) is 0 Å². The van der Waals surface area contributed by atoms with E-state index in [1.807, 2.05) is 0 Å². The standard InChI is InChI=1S/3BrH.Hg/h3*1H;/q;;;+3/p-3.